The Balaban J connectivity index is 2.08. The fourth-order valence-corrected chi connectivity index (χ4v) is 2.39. The number of hydrogen-bond acceptors (Lipinski definition) is 3. The first kappa shape index (κ1) is 15.0. The average Bonchev–Trinajstić information content (AvgIpc) is 2.89. The Hall–Kier alpha value is -2.89. The minimum Gasteiger partial charge on any atom is -0.368 e. The third kappa shape index (κ3) is 3.15. The molecule has 0 atom stereocenters. The summed E-state index contributed by atoms with van der Waals surface area (Å²) in [6, 6.07) is 9.76. The van der Waals surface area contributed by atoms with E-state index in [4.69, 9.17) is 0 Å². The first-order chi connectivity index (χ1) is 11.0. The van der Waals surface area contributed by atoms with E-state index in [9.17, 15) is 9.18 Å². The van der Waals surface area contributed by atoms with Crippen molar-refractivity contribution in [1.29, 1.82) is 0 Å². The lowest BCUT2D eigenvalue weighted by Gasteiger charge is -2.11. The van der Waals surface area contributed by atoms with E-state index in [1.54, 1.807) is 24.5 Å². The molecule has 0 aliphatic rings. The number of anilines is 1. The maximum absolute atomic E-state index is 13.1. The molecule has 23 heavy (non-hydrogen) atoms. The van der Waals surface area contributed by atoms with Crippen LogP contribution in [0.3, 0.4) is 0 Å². The number of H-pyrrole nitrogens is 1. The van der Waals surface area contributed by atoms with E-state index in [-0.39, 0.29) is 17.5 Å². The summed E-state index contributed by atoms with van der Waals surface area (Å²) in [7, 11) is 0. The molecule has 0 unspecified atom stereocenters. The highest BCUT2D eigenvalue weighted by Gasteiger charge is 2.11. The fourth-order valence-electron chi connectivity index (χ4n) is 2.39. The Morgan fingerprint density at radius 3 is 2.65 bits per heavy atom. The Kier molecular flexibility index (Phi) is 3.97. The molecule has 3 rings (SSSR count). The minimum atomic E-state index is -0.341. The largest absolute Gasteiger partial charge is 0.368 e. The second kappa shape index (κ2) is 6.08. The van der Waals surface area contributed by atoms with Crippen molar-refractivity contribution in [3.63, 3.8) is 0 Å². The Labute approximate surface area is 132 Å². The molecule has 2 heterocycles. The first-order valence-corrected chi connectivity index (χ1v) is 7.34. The van der Waals surface area contributed by atoms with Gasteiger partial charge in [0.2, 0.25) is 0 Å². The molecule has 0 saturated heterocycles. The second-order valence-corrected chi connectivity index (χ2v) is 5.52. The van der Waals surface area contributed by atoms with Gasteiger partial charge in [0.25, 0.3) is 0 Å². The summed E-state index contributed by atoms with van der Waals surface area (Å²) in [5.41, 5.74) is 1.85. The molecule has 0 aliphatic carbocycles. The van der Waals surface area contributed by atoms with Crippen LogP contribution in [0.1, 0.15) is 13.8 Å². The van der Waals surface area contributed by atoms with Gasteiger partial charge in [0.05, 0.1) is 11.4 Å². The van der Waals surface area contributed by atoms with Crippen molar-refractivity contribution in [2.75, 3.05) is 5.32 Å². The van der Waals surface area contributed by atoms with Crippen LogP contribution in [0.2, 0.25) is 0 Å². The van der Waals surface area contributed by atoms with Gasteiger partial charge < -0.3 is 10.3 Å². The second-order valence-electron chi connectivity index (χ2n) is 5.52. The van der Waals surface area contributed by atoms with Gasteiger partial charge in [0.15, 0.2) is 0 Å². The lowest BCUT2D eigenvalue weighted by Crippen LogP contribution is -2.16. The number of halogens is 1. The van der Waals surface area contributed by atoms with Gasteiger partial charge in [-0.3, -0.25) is 4.57 Å². The molecule has 1 aromatic carbocycles. The molecular weight excluding hydrogens is 295 g/mol. The Bertz CT molecular complexity index is 865. The van der Waals surface area contributed by atoms with Gasteiger partial charge in [-0.25, -0.2) is 14.2 Å². The van der Waals surface area contributed by atoms with E-state index in [0.29, 0.717) is 11.4 Å². The maximum Gasteiger partial charge on any atom is 0.330 e. The average molecular weight is 312 g/mol. The van der Waals surface area contributed by atoms with Crippen molar-refractivity contribution < 1.29 is 4.39 Å². The third-order valence-corrected chi connectivity index (χ3v) is 3.35. The van der Waals surface area contributed by atoms with Gasteiger partial charge in [0, 0.05) is 24.0 Å². The molecule has 2 aromatic heterocycles. The summed E-state index contributed by atoms with van der Waals surface area (Å²) in [4.78, 5) is 19.1. The molecule has 0 fully saturated rings. The maximum atomic E-state index is 13.1. The predicted octanol–water partition coefficient (Wildman–Crippen LogP) is 3.19. The molecule has 2 N–H and O–H groups in total. The van der Waals surface area contributed by atoms with Crippen LogP contribution < -0.4 is 11.0 Å². The molecule has 0 aliphatic heterocycles. The van der Waals surface area contributed by atoms with Crippen molar-refractivity contribution in [3.8, 4) is 16.9 Å². The Morgan fingerprint density at radius 2 is 1.96 bits per heavy atom. The molecule has 0 amide bonds. The molecule has 0 saturated carbocycles. The van der Waals surface area contributed by atoms with E-state index in [1.807, 2.05) is 26.0 Å². The smallest absolute Gasteiger partial charge is 0.330 e. The van der Waals surface area contributed by atoms with Crippen LogP contribution in [-0.4, -0.2) is 20.6 Å². The fraction of sp³-hybridized carbons (Fsp3) is 0.176. The molecule has 118 valence electrons. The normalized spacial score (nSPS) is 11.0. The van der Waals surface area contributed by atoms with E-state index in [1.165, 1.54) is 16.7 Å². The van der Waals surface area contributed by atoms with Crippen LogP contribution in [0.5, 0.6) is 0 Å². The first-order valence-electron chi connectivity index (χ1n) is 7.34. The van der Waals surface area contributed by atoms with Crippen molar-refractivity contribution in [3.05, 3.63) is 65.1 Å². The molecule has 0 bridgehead atoms. The monoisotopic (exact) mass is 312 g/mol. The summed E-state index contributed by atoms with van der Waals surface area (Å²) >= 11 is 0. The van der Waals surface area contributed by atoms with Gasteiger partial charge in [-0.2, -0.15) is 0 Å². The van der Waals surface area contributed by atoms with E-state index < -0.39 is 0 Å². The molecular formula is C17H17FN4O. The van der Waals surface area contributed by atoms with E-state index in [0.717, 1.165) is 11.4 Å². The SMILES string of the molecule is CC(C)Nc1cc(-c2c[nH]c(=O)n2-c2ccc(F)cc2)ccn1. The number of aromatic nitrogens is 3. The predicted molar refractivity (Wildman–Crippen MR) is 88.3 cm³/mol. The van der Waals surface area contributed by atoms with Crippen LogP contribution in [0.15, 0.2) is 53.6 Å². The highest BCUT2D eigenvalue weighted by atomic mass is 19.1. The van der Waals surface area contributed by atoms with Gasteiger partial charge in [-0.05, 0) is 50.2 Å². The highest BCUT2D eigenvalue weighted by Crippen LogP contribution is 2.23. The number of rotatable bonds is 4. The summed E-state index contributed by atoms with van der Waals surface area (Å²) in [6.45, 7) is 4.05. The summed E-state index contributed by atoms with van der Waals surface area (Å²) < 4.78 is 14.6. The molecule has 5 nitrogen and oxygen atoms in total. The molecule has 0 spiro atoms. The summed E-state index contributed by atoms with van der Waals surface area (Å²) in [5.74, 6) is 0.392. The van der Waals surface area contributed by atoms with Gasteiger partial charge in [-0.15, -0.1) is 0 Å². The molecule has 6 heteroatoms. The zero-order chi connectivity index (χ0) is 16.4. The molecule has 3 aromatic rings. The van der Waals surface area contributed by atoms with E-state index >= 15 is 0 Å². The van der Waals surface area contributed by atoms with Crippen molar-refractivity contribution >= 4 is 5.82 Å². The van der Waals surface area contributed by atoms with Gasteiger partial charge in [0.1, 0.15) is 11.6 Å². The lowest BCUT2D eigenvalue weighted by molar-refractivity contribution is 0.627. The van der Waals surface area contributed by atoms with Crippen molar-refractivity contribution in [1.82, 2.24) is 14.5 Å². The topological polar surface area (TPSA) is 62.7 Å². The quantitative estimate of drug-likeness (QED) is 0.777. The van der Waals surface area contributed by atoms with Crippen LogP contribution in [0.25, 0.3) is 16.9 Å². The lowest BCUT2D eigenvalue weighted by atomic mass is 10.2. The standard InChI is InChI=1S/C17H17FN4O/c1-11(2)21-16-9-12(7-8-19-16)15-10-20-17(23)22(15)14-5-3-13(18)4-6-14/h3-11H,1-2H3,(H,19,21)(H,20,23). The minimum absolute atomic E-state index is 0.253. The number of nitrogens with one attached hydrogen (secondary N) is 2. The van der Waals surface area contributed by atoms with Crippen LogP contribution >= 0.6 is 0 Å². The van der Waals surface area contributed by atoms with Crippen LogP contribution in [-0.2, 0) is 0 Å². The number of hydrogen-bond donors (Lipinski definition) is 2. The molecule has 0 radical (unpaired) electrons. The number of nitrogens with zero attached hydrogens (tertiary/aromatic N) is 2. The highest BCUT2D eigenvalue weighted by molar-refractivity contribution is 5.64. The zero-order valence-corrected chi connectivity index (χ0v) is 12.9. The number of benzene rings is 1. The number of imidazole rings is 1. The van der Waals surface area contributed by atoms with Gasteiger partial charge in [-0.1, -0.05) is 0 Å². The third-order valence-electron chi connectivity index (χ3n) is 3.35. The van der Waals surface area contributed by atoms with Crippen molar-refractivity contribution in [2.45, 2.75) is 19.9 Å². The van der Waals surface area contributed by atoms with Crippen LogP contribution in [0, 0.1) is 5.82 Å². The van der Waals surface area contributed by atoms with Crippen molar-refractivity contribution in [2.24, 2.45) is 0 Å². The summed E-state index contributed by atoms with van der Waals surface area (Å²) in [5, 5.41) is 3.23. The number of aromatic amines is 1. The number of pyridine rings is 1. The van der Waals surface area contributed by atoms with E-state index in [2.05, 4.69) is 15.3 Å². The Morgan fingerprint density at radius 1 is 1.22 bits per heavy atom. The van der Waals surface area contributed by atoms with Gasteiger partial charge >= 0.3 is 5.69 Å². The summed E-state index contributed by atoms with van der Waals surface area (Å²) in [6.07, 6.45) is 3.33. The zero-order valence-electron chi connectivity index (χ0n) is 12.9. The van der Waals surface area contributed by atoms with Crippen LogP contribution in [0.4, 0.5) is 10.2 Å².